The van der Waals surface area contributed by atoms with E-state index in [1.54, 1.807) is 25.9 Å². The molecular weight excluding hydrogens is 518 g/mol. The van der Waals surface area contributed by atoms with Gasteiger partial charge in [0.05, 0.1) is 12.2 Å². The lowest BCUT2D eigenvalue weighted by atomic mass is 10.0. The maximum absolute atomic E-state index is 14.0. The molecule has 6 N–H and O–H groups in total. The molecule has 1 unspecified atom stereocenters. The van der Waals surface area contributed by atoms with Gasteiger partial charge >= 0.3 is 12.1 Å². The molecule has 0 spiro atoms. The van der Waals surface area contributed by atoms with Crippen molar-refractivity contribution >= 4 is 23.9 Å². The topological polar surface area (TPSA) is 164 Å². The summed E-state index contributed by atoms with van der Waals surface area (Å²) < 4.78 is 5.43. The number of nitrogens with zero attached hydrogens (tertiary/aromatic N) is 2. The van der Waals surface area contributed by atoms with Crippen LogP contribution in [0.5, 0.6) is 0 Å². The molecule has 0 bridgehead atoms. The Morgan fingerprint density at radius 1 is 1.23 bits per heavy atom. The molecule has 4 rings (SSSR count). The Morgan fingerprint density at radius 2 is 2.00 bits per heavy atom. The van der Waals surface area contributed by atoms with Crippen molar-refractivity contribution in [3.63, 3.8) is 0 Å². The zero-order valence-corrected chi connectivity index (χ0v) is 24.0. The molecule has 13 nitrogen and oxygen atoms in total. The van der Waals surface area contributed by atoms with Crippen LogP contribution in [0, 0.1) is 5.92 Å². The van der Waals surface area contributed by atoms with E-state index < -0.39 is 41.2 Å². The first kappa shape index (κ1) is 30.2. The highest BCUT2D eigenvalue weighted by molar-refractivity contribution is 5.96. The molecule has 4 aliphatic rings. The Kier molecular flexibility index (Phi) is 9.38. The van der Waals surface area contributed by atoms with Crippen LogP contribution in [0.3, 0.4) is 0 Å². The summed E-state index contributed by atoms with van der Waals surface area (Å²) >= 11 is 0. The summed E-state index contributed by atoms with van der Waals surface area (Å²) in [5.74, 6) is -2.25. The number of carboxylic acids is 1. The fourth-order valence-corrected chi connectivity index (χ4v) is 5.72. The van der Waals surface area contributed by atoms with Crippen molar-refractivity contribution < 1.29 is 29.0 Å². The van der Waals surface area contributed by atoms with Gasteiger partial charge in [0.1, 0.15) is 23.2 Å². The molecule has 3 fully saturated rings. The lowest BCUT2D eigenvalue weighted by Crippen LogP contribution is -2.56. The number of rotatable bonds is 5. The van der Waals surface area contributed by atoms with Crippen LogP contribution < -0.4 is 27.0 Å². The lowest BCUT2D eigenvalue weighted by molar-refractivity contribution is -0.145. The fraction of sp³-hybridized carbons (Fsp3) is 0.778. The van der Waals surface area contributed by atoms with Crippen LogP contribution in [0.25, 0.3) is 0 Å². The Bertz CT molecular complexity index is 1000. The van der Waals surface area contributed by atoms with Gasteiger partial charge in [-0.25, -0.2) is 20.4 Å². The largest absolute Gasteiger partial charge is 0.479 e. The number of carboxylic acid groups (broad SMARTS) is 1. The van der Waals surface area contributed by atoms with Crippen LogP contribution in [0.1, 0.15) is 85.5 Å². The summed E-state index contributed by atoms with van der Waals surface area (Å²) in [6.07, 6.45) is 9.21. The summed E-state index contributed by atoms with van der Waals surface area (Å²) in [6, 6.07) is -2.05. The summed E-state index contributed by atoms with van der Waals surface area (Å²) in [6.45, 7) is 7.56. The predicted octanol–water partition coefficient (Wildman–Crippen LogP) is 1.28. The van der Waals surface area contributed by atoms with Crippen molar-refractivity contribution in [2.24, 2.45) is 5.92 Å². The van der Waals surface area contributed by atoms with Crippen molar-refractivity contribution in [3.8, 4) is 0 Å². The van der Waals surface area contributed by atoms with Gasteiger partial charge in [-0.1, -0.05) is 38.3 Å². The highest BCUT2D eigenvalue weighted by Crippen LogP contribution is 2.45. The maximum Gasteiger partial charge on any atom is 0.408 e. The maximum atomic E-state index is 14.0. The molecule has 6 atom stereocenters. The lowest BCUT2D eigenvalue weighted by Gasteiger charge is -2.30. The van der Waals surface area contributed by atoms with Crippen LogP contribution in [0.4, 0.5) is 4.79 Å². The molecule has 1 saturated carbocycles. The van der Waals surface area contributed by atoms with Crippen LogP contribution in [0.15, 0.2) is 12.2 Å². The van der Waals surface area contributed by atoms with Gasteiger partial charge in [0.25, 0.3) is 0 Å². The number of carbonyl (C=O) groups excluding carboxylic acids is 3. The van der Waals surface area contributed by atoms with E-state index in [1.165, 1.54) is 4.90 Å². The Morgan fingerprint density at radius 3 is 2.70 bits per heavy atom. The molecule has 40 heavy (non-hydrogen) atoms. The van der Waals surface area contributed by atoms with Gasteiger partial charge in [-0.3, -0.25) is 9.59 Å². The zero-order chi connectivity index (χ0) is 29.1. The summed E-state index contributed by atoms with van der Waals surface area (Å²) in [5, 5.41) is 17.3. The highest BCUT2D eigenvalue weighted by atomic mass is 16.6. The molecule has 0 aromatic heterocycles. The minimum atomic E-state index is -1.37. The molecule has 3 heterocycles. The highest BCUT2D eigenvalue weighted by Gasteiger charge is 2.61. The van der Waals surface area contributed by atoms with Gasteiger partial charge in [0, 0.05) is 12.5 Å². The molecule has 0 aromatic carbocycles. The number of alkyl carbamates (subject to hydrolysis) is 1. The third kappa shape index (κ3) is 7.12. The van der Waals surface area contributed by atoms with E-state index in [9.17, 15) is 24.3 Å². The molecule has 0 aromatic rings. The summed E-state index contributed by atoms with van der Waals surface area (Å²) in [5.41, 5.74) is 7.49. The van der Waals surface area contributed by atoms with Gasteiger partial charge in [-0.05, 0) is 59.3 Å². The number of ether oxygens (including phenoxy) is 1. The second-order valence-corrected chi connectivity index (χ2v) is 12.3. The molecule has 3 amide bonds. The smallest absolute Gasteiger partial charge is 0.408 e. The van der Waals surface area contributed by atoms with Gasteiger partial charge in [0.15, 0.2) is 0 Å². The zero-order valence-electron chi connectivity index (χ0n) is 24.0. The van der Waals surface area contributed by atoms with E-state index in [4.69, 9.17) is 4.74 Å². The standard InChI is InChI=1S/C27H45N7O6/c1-5-11-21-30-32-34(31-21)18-14-20-22(35)29-27(24(37)38)15-17(27)12-9-7-6-8-10-13-19(23(36)33(20)16-18)28-25(39)40-26(2,3)4/h9,12,17-21,30-32H,5-8,10-11,13-16H2,1-4H3,(H,28,39)(H,29,35)(H,37,38)/b12-9-/t17-,18-,19+,20+,21?,27-/m1/s1. The van der Waals surface area contributed by atoms with Crippen molar-refractivity contribution in [1.29, 1.82) is 0 Å². The SMILES string of the molecule is CCCC1NNN([C@@H]2C[C@H]3C(=O)N[C@]4(C(=O)O)C[C@H]4/C=C\CCCCC[C@H](NC(=O)OC(C)(C)C)C(=O)N3C2)N1. The van der Waals surface area contributed by atoms with Crippen LogP contribution in [0.2, 0.25) is 0 Å². The first-order chi connectivity index (χ1) is 18.9. The van der Waals surface area contributed by atoms with Gasteiger partial charge < -0.3 is 25.4 Å². The second kappa shape index (κ2) is 12.4. The number of aliphatic carboxylic acids is 1. The number of allylic oxidation sites excluding steroid dienone is 1. The number of amides is 3. The van der Waals surface area contributed by atoms with Gasteiger partial charge in [0.2, 0.25) is 11.8 Å². The molecule has 1 aliphatic carbocycles. The van der Waals surface area contributed by atoms with Gasteiger partial charge in [-0.15, -0.1) is 0 Å². The average molecular weight is 564 g/mol. The van der Waals surface area contributed by atoms with Crippen molar-refractivity contribution in [3.05, 3.63) is 12.2 Å². The molecular formula is C27H45N7O6. The number of carbonyl (C=O) groups is 4. The van der Waals surface area contributed by atoms with Crippen molar-refractivity contribution in [1.82, 2.24) is 37.0 Å². The third-order valence-corrected chi connectivity index (χ3v) is 7.93. The number of hydrazine groups is 3. The molecule has 224 valence electrons. The normalized spacial score (nSPS) is 34.6. The van der Waals surface area contributed by atoms with E-state index in [2.05, 4.69) is 33.9 Å². The van der Waals surface area contributed by atoms with Crippen LogP contribution >= 0.6 is 0 Å². The average Bonchev–Trinajstić information content (AvgIpc) is 3.18. The number of hydrogen-bond acceptors (Lipinski definition) is 9. The van der Waals surface area contributed by atoms with Crippen LogP contribution in [-0.2, 0) is 19.1 Å². The quantitative estimate of drug-likeness (QED) is 0.269. The Labute approximate surface area is 235 Å². The van der Waals surface area contributed by atoms with E-state index in [1.807, 2.05) is 12.2 Å². The summed E-state index contributed by atoms with van der Waals surface area (Å²) in [7, 11) is 0. The number of hydrogen-bond donors (Lipinski definition) is 6. The molecule has 3 aliphatic heterocycles. The Hall–Kier alpha value is -2.74. The Balaban J connectivity index is 1.59. The van der Waals surface area contributed by atoms with Gasteiger partial charge in [-0.2, -0.15) is 10.7 Å². The van der Waals surface area contributed by atoms with Crippen LogP contribution in [-0.4, -0.2) is 81.0 Å². The first-order valence-corrected chi connectivity index (χ1v) is 14.5. The first-order valence-electron chi connectivity index (χ1n) is 14.5. The number of nitrogens with one attached hydrogen (secondary N) is 5. The minimum absolute atomic E-state index is 0.00319. The monoisotopic (exact) mass is 563 g/mol. The van der Waals surface area contributed by atoms with E-state index in [-0.39, 0.29) is 37.0 Å². The van der Waals surface area contributed by atoms with E-state index >= 15 is 0 Å². The van der Waals surface area contributed by atoms with Crippen molar-refractivity contribution in [2.45, 2.75) is 121 Å². The predicted molar refractivity (Wildman–Crippen MR) is 146 cm³/mol. The fourth-order valence-electron chi connectivity index (χ4n) is 5.72. The van der Waals surface area contributed by atoms with E-state index in [0.717, 1.165) is 32.1 Å². The minimum Gasteiger partial charge on any atom is -0.479 e. The molecule has 13 heteroatoms. The van der Waals surface area contributed by atoms with E-state index in [0.29, 0.717) is 19.3 Å². The summed E-state index contributed by atoms with van der Waals surface area (Å²) in [4.78, 5) is 54.1. The second-order valence-electron chi connectivity index (χ2n) is 12.3. The third-order valence-electron chi connectivity index (χ3n) is 7.93. The van der Waals surface area contributed by atoms with Crippen molar-refractivity contribution in [2.75, 3.05) is 6.54 Å². The number of fused-ring (bicyclic) bond motifs is 2. The molecule has 0 radical (unpaired) electrons. The molecule has 2 saturated heterocycles.